The molecule has 0 aliphatic heterocycles. The van der Waals surface area contributed by atoms with E-state index in [2.05, 4.69) is 24.4 Å². The standard InChI is InChI=1S/C26H29NO3S/c1-5-18-12-14-20(15-13-18)21-17-31-23(22(21)24(28)30-6-2)27-25(29)26(3,4)16-19-10-8-7-9-11-19/h7-15,17H,5-6,16H2,1-4H3,(H,27,29). The second-order valence-corrected chi connectivity index (χ2v) is 9.00. The zero-order valence-corrected chi connectivity index (χ0v) is 19.3. The van der Waals surface area contributed by atoms with E-state index in [0.717, 1.165) is 23.1 Å². The Morgan fingerprint density at radius 2 is 1.65 bits per heavy atom. The molecule has 1 amide bonds. The molecule has 0 atom stereocenters. The lowest BCUT2D eigenvalue weighted by atomic mass is 9.85. The van der Waals surface area contributed by atoms with Crippen molar-refractivity contribution in [2.45, 2.75) is 40.5 Å². The van der Waals surface area contributed by atoms with Gasteiger partial charge in [-0.15, -0.1) is 11.3 Å². The van der Waals surface area contributed by atoms with E-state index in [-0.39, 0.29) is 12.5 Å². The molecule has 0 saturated carbocycles. The smallest absolute Gasteiger partial charge is 0.341 e. The maximum Gasteiger partial charge on any atom is 0.341 e. The van der Waals surface area contributed by atoms with E-state index in [4.69, 9.17) is 4.74 Å². The summed E-state index contributed by atoms with van der Waals surface area (Å²) >= 11 is 1.35. The number of rotatable bonds is 8. The molecule has 1 heterocycles. The van der Waals surface area contributed by atoms with Crippen molar-refractivity contribution in [3.05, 3.63) is 76.7 Å². The van der Waals surface area contributed by atoms with Crippen LogP contribution in [0.2, 0.25) is 0 Å². The largest absolute Gasteiger partial charge is 0.462 e. The van der Waals surface area contributed by atoms with Crippen LogP contribution < -0.4 is 5.32 Å². The van der Waals surface area contributed by atoms with E-state index < -0.39 is 11.4 Å². The Labute approximate surface area is 188 Å². The van der Waals surface area contributed by atoms with Gasteiger partial charge < -0.3 is 10.1 Å². The van der Waals surface area contributed by atoms with Gasteiger partial charge in [-0.3, -0.25) is 4.79 Å². The van der Waals surface area contributed by atoms with Gasteiger partial charge in [-0.05, 0) is 36.5 Å². The lowest BCUT2D eigenvalue weighted by molar-refractivity contribution is -0.123. The molecule has 31 heavy (non-hydrogen) atoms. The van der Waals surface area contributed by atoms with Gasteiger partial charge in [0, 0.05) is 16.4 Å². The van der Waals surface area contributed by atoms with Crippen LogP contribution in [0.4, 0.5) is 5.00 Å². The summed E-state index contributed by atoms with van der Waals surface area (Å²) in [5.74, 6) is -0.550. The van der Waals surface area contributed by atoms with Crippen molar-refractivity contribution in [3.63, 3.8) is 0 Å². The molecule has 3 aromatic rings. The number of benzene rings is 2. The van der Waals surface area contributed by atoms with Crippen molar-refractivity contribution in [2.24, 2.45) is 5.41 Å². The first-order valence-corrected chi connectivity index (χ1v) is 11.5. The van der Waals surface area contributed by atoms with Gasteiger partial charge in [0.1, 0.15) is 10.6 Å². The van der Waals surface area contributed by atoms with E-state index in [9.17, 15) is 9.59 Å². The summed E-state index contributed by atoms with van der Waals surface area (Å²) in [6.45, 7) is 7.99. The molecule has 2 aromatic carbocycles. The highest BCUT2D eigenvalue weighted by molar-refractivity contribution is 7.15. The highest BCUT2D eigenvalue weighted by Crippen LogP contribution is 2.37. The van der Waals surface area contributed by atoms with Gasteiger partial charge in [-0.25, -0.2) is 4.79 Å². The minimum Gasteiger partial charge on any atom is -0.462 e. The number of hydrogen-bond donors (Lipinski definition) is 1. The number of esters is 1. The molecule has 4 nitrogen and oxygen atoms in total. The SMILES string of the molecule is CCOC(=O)c1c(-c2ccc(CC)cc2)csc1NC(=O)C(C)(C)Cc1ccccc1. The Hall–Kier alpha value is -2.92. The first-order valence-electron chi connectivity index (χ1n) is 10.6. The van der Waals surface area contributed by atoms with Gasteiger partial charge in [0.2, 0.25) is 5.91 Å². The fourth-order valence-electron chi connectivity index (χ4n) is 3.45. The molecule has 0 aliphatic rings. The normalized spacial score (nSPS) is 11.2. The minimum absolute atomic E-state index is 0.128. The molecule has 0 radical (unpaired) electrons. The van der Waals surface area contributed by atoms with Crippen LogP contribution in [-0.2, 0) is 22.4 Å². The average molecular weight is 436 g/mol. The second kappa shape index (κ2) is 9.92. The third kappa shape index (κ3) is 5.42. The first kappa shape index (κ1) is 22.8. The molecular formula is C26H29NO3S. The Morgan fingerprint density at radius 3 is 2.26 bits per heavy atom. The molecular weight excluding hydrogens is 406 g/mol. The van der Waals surface area contributed by atoms with Crippen molar-refractivity contribution in [1.29, 1.82) is 0 Å². The van der Waals surface area contributed by atoms with Gasteiger partial charge in [0.05, 0.1) is 6.61 Å². The summed E-state index contributed by atoms with van der Waals surface area (Å²) in [6, 6.07) is 18.1. The van der Waals surface area contributed by atoms with Crippen molar-refractivity contribution in [1.82, 2.24) is 0 Å². The van der Waals surface area contributed by atoms with Crippen LogP contribution in [-0.4, -0.2) is 18.5 Å². The lowest BCUT2D eigenvalue weighted by Crippen LogP contribution is -2.33. The molecule has 162 valence electrons. The predicted octanol–water partition coefficient (Wildman–Crippen LogP) is 6.36. The number of aryl methyl sites for hydroxylation is 1. The van der Waals surface area contributed by atoms with Gasteiger partial charge in [-0.2, -0.15) is 0 Å². The summed E-state index contributed by atoms with van der Waals surface area (Å²) in [7, 11) is 0. The number of amides is 1. The van der Waals surface area contributed by atoms with E-state index in [1.165, 1.54) is 16.9 Å². The monoisotopic (exact) mass is 435 g/mol. The van der Waals surface area contributed by atoms with Crippen LogP contribution in [0.5, 0.6) is 0 Å². The average Bonchev–Trinajstić information content (AvgIpc) is 3.18. The number of carbonyl (C=O) groups is 2. The van der Waals surface area contributed by atoms with Gasteiger partial charge >= 0.3 is 5.97 Å². The summed E-state index contributed by atoms with van der Waals surface area (Å²) in [6.07, 6.45) is 1.55. The predicted molar refractivity (Wildman–Crippen MR) is 128 cm³/mol. The summed E-state index contributed by atoms with van der Waals surface area (Å²) in [5, 5.41) is 5.44. The lowest BCUT2D eigenvalue weighted by Gasteiger charge is -2.23. The molecule has 0 unspecified atom stereocenters. The van der Waals surface area contributed by atoms with E-state index in [1.54, 1.807) is 6.92 Å². The number of nitrogens with one attached hydrogen (secondary N) is 1. The van der Waals surface area contributed by atoms with Crippen LogP contribution in [0.25, 0.3) is 11.1 Å². The summed E-state index contributed by atoms with van der Waals surface area (Å²) < 4.78 is 5.31. The second-order valence-electron chi connectivity index (χ2n) is 8.12. The number of ether oxygens (including phenoxy) is 1. The quantitative estimate of drug-likeness (QED) is 0.419. The zero-order chi connectivity index (χ0) is 22.4. The molecule has 5 heteroatoms. The molecule has 0 aliphatic carbocycles. The Kier molecular flexibility index (Phi) is 7.29. The number of hydrogen-bond acceptors (Lipinski definition) is 4. The molecule has 0 spiro atoms. The highest BCUT2D eigenvalue weighted by Gasteiger charge is 2.30. The van der Waals surface area contributed by atoms with E-state index in [1.807, 2.05) is 61.7 Å². The van der Waals surface area contributed by atoms with Crippen molar-refractivity contribution >= 4 is 28.2 Å². The number of anilines is 1. The number of thiophene rings is 1. The van der Waals surface area contributed by atoms with Crippen molar-refractivity contribution < 1.29 is 14.3 Å². The van der Waals surface area contributed by atoms with Crippen LogP contribution in [0.1, 0.15) is 49.2 Å². The zero-order valence-electron chi connectivity index (χ0n) is 18.5. The summed E-state index contributed by atoms with van der Waals surface area (Å²) in [4.78, 5) is 25.9. The maximum absolute atomic E-state index is 13.1. The van der Waals surface area contributed by atoms with E-state index in [0.29, 0.717) is 17.0 Å². The third-order valence-corrected chi connectivity index (χ3v) is 6.17. The molecule has 1 aromatic heterocycles. The minimum atomic E-state index is -0.639. The van der Waals surface area contributed by atoms with Crippen LogP contribution >= 0.6 is 11.3 Å². The maximum atomic E-state index is 13.1. The van der Waals surface area contributed by atoms with Gasteiger partial charge in [0.15, 0.2) is 0 Å². The van der Waals surface area contributed by atoms with Gasteiger partial charge in [-0.1, -0.05) is 75.4 Å². The molecule has 3 rings (SSSR count). The fraction of sp³-hybridized carbons (Fsp3) is 0.308. The molecule has 1 N–H and O–H groups in total. The Bertz CT molecular complexity index is 1040. The highest BCUT2D eigenvalue weighted by atomic mass is 32.1. The topological polar surface area (TPSA) is 55.4 Å². The first-order chi connectivity index (χ1) is 14.9. The van der Waals surface area contributed by atoms with E-state index >= 15 is 0 Å². The van der Waals surface area contributed by atoms with Crippen molar-refractivity contribution in [2.75, 3.05) is 11.9 Å². The third-order valence-electron chi connectivity index (χ3n) is 5.27. The van der Waals surface area contributed by atoms with Crippen LogP contribution in [0, 0.1) is 5.41 Å². The molecule has 0 fully saturated rings. The summed E-state index contributed by atoms with van der Waals surface area (Å²) in [5.41, 5.74) is 3.81. The van der Waals surface area contributed by atoms with Crippen molar-refractivity contribution in [3.8, 4) is 11.1 Å². The molecule has 0 bridgehead atoms. The van der Waals surface area contributed by atoms with Crippen LogP contribution in [0.3, 0.4) is 0 Å². The van der Waals surface area contributed by atoms with Gasteiger partial charge in [0.25, 0.3) is 0 Å². The van der Waals surface area contributed by atoms with Crippen LogP contribution in [0.15, 0.2) is 60.0 Å². The molecule has 0 saturated heterocycles. The Morgan fingerprint density at radius 1 is 0.968 bits per heavy atom. The fourth-order valence-corrected chi connectivity index (χ4v) is 4.40. The number of carbonyl (C=O) groups excluding carboxylic acids is 2. The Balaban J connectivity index is 1.90.